The molecule has 4 heteroatoms. The summed E-state index contributed by atoms with van der Waals surface area (Å²) in [5.41, 5.74) is 2.01. The molecule has 3 nitrogen and oxygen atoms in total. The number of para-hydroxylation sites is 1. The number of carbonyl (C=O) groups is 1. The Balaban J connectivity index is 1.78. The highest BCUT2D eigenvalue weighted by molar-refractivity contribution is 6.31. The maximum Gasteiger partial charge on any atom is 0.224 e. The Morgan fingerprint density at radius 1 is 1.13 bits per heavy atom. The minimum Gasteiger partial charge on any atom is -0.491 e. The van der Waals surface area contributed by atoms with Gasteiger partial charge in [0.15, 0.2) is 0 Å². The smallest absolute Gasteiger partial charge is 0.224 e. The second-order valence-corrected chi connectivity index (χ2v) is 6.07. The molecule has 2 aromatic rings. The predicted octanol–water partition coefficient (Wildman–Crippen LogP) is 4.20. The fraction of sp³-hybridized carbons (Fsp3) is 0.316. The number of nitrogens with one attached hydrogen (secondary N) is 1. The van der Waals surface area contributed by atoms with E-state index in [0.29, 0.717) is 24.1 Å². The highest BCUT2D eigenvalue weighted by Crippen LogP contribution is 2.25. The van der Waals surface area contributed by atoms with E-state index < -0.39 is 0 Å². The van der Waals surface area contributed by atoms with Crippen LogP contribution in [0.15, 0.2) is 48.5 Å². The van der Waals surface area contributed by atoms with Crippen molar-refractivity contribution in [2.75, 3.05) is 13.2 Å². The van der Waals surface area contributed by atoms with Gasteiger partial charge in [0.05, 0.1) is 13.0 Å². The van der Waals surface area contributed by atoms with Crippen molar-refractivity contribution < 1.29 is 9.53 Å². The van der Waals surface area contributed by atoms with Gasteiger partial charge in [-0.25, -0.2) is 0 Å². The Kier molecular flexibility index (Phi) is 6.48. The van der Waals surface area contributed by atoms with Gasteiger partial charge in [0, 0.05) is 5.02 Å². The number of ether oxygens (including phenoxy) is 1. The first-order valence-electron chi connectivity index (χ1n) is 7.79. The number of amides is 1. The molecule has 0 radical (unpaired) electrons. The SMILES string of the molecule is CC(C)c1ccccc1OCCNC(=O)Cc1ccccc1Cl. The number of hydrogen-bond acceptors (Lipinski definition) is 2. The van der Waals surface area contributed by atoms with Gasteiger partial charge >= 0.3 is 0 Å². The van der Waals surface area contributed by atoms with Crippen LogP contribution in [0.5, 0.6) is 5.75 Å². The van der Waals surface area contributed by atoms with Crippen molar-refractivity contribution in [3.63, 3.8) is 0 Å². The van der Waals surface area contributed by atoms with Gasteiger partial charge < -0.3 is 10.1 Å². The van der Waals surface area contributed by atoms with Crippen LogP contribution in [-0.2, 0) is 11.2 Å². The minimum atomic E-state index is -0.0566. The summed E-state index contributed by atoms with van der Waals surface area (Å²) in [5.74, 6) is 1.22. The summed E-state index contributed by atoms with van der Waals surface area (Å²) < 4.78 is 5.78. The van der Waals surface area contributed by atoms with E-state index in [4.69, 9.17) is 16.3 Å². The zero-order chi connectivity index (χ0) is 16.7. The first-order valence-corrected chi connectivity index (χ1v) is 8.17. The van der Waals surface area contributed by atoms with Crippen LogP contribution < -0.4 is 10.1 Å². The van der Waals surface area contributed by atoms with E-state index in [2.05, 4.69) is 25.2 Å². The Hall–Kier alpha value is -2.00. The number of rotatable bonds is 7. The second-order valence-electron chi connectivity index (χ2n) is 5.66. The third kappa shape index (κ3) is 5.29. The molecule has 0 saturated carbocycles. The molecule has 0 aliphatic heterocycles. The normalized spacial score (nSPS) is 10.6. The zero-order valence-corrected chi connectivity index (χ0v) is 14.3. The molecule has 0 fully saturated rings. The number of benzene rings is 2. The van der Waals surface area contributed by atoms with Gasteiger partial charge in [-0.3, -0.25) is 4.79 Å². The second kappa shape index (κ2) is 8.59. The Morgan fingerprint density at radius 3 is 2.57 bits per heavy atom. The molecule has 0 aliphatic rings. The number of halogens is 1. The van der Waals surface area contributed by atoms with Crippen LogP contribution in [0.25, 0.3) is 0 Å². The van der Waals surface area contributed by atoms with E-state index in [9.17, 15) is 4.79 Å². The van der Waals surface area contributed by atoms with E-state index in [1.807, 2.05) is 36.4 Å². The van der Waals surface area contributed by atoms with Crippen molar-refractivity contribution >= 4 is 17.5 Å². The van der Waals surface area contributed by atoms with Gasteiger partial charge in [-0.05, 0) is 29.2 Å². The van der Waals surface area contributed by atoms with Gasteiger partial charge in [-0.15, -0.1) is 0 Å². The van der Waals surface area contributed by atoms with E-state index in [1.165, 1.54) is 5.56 Å². The molecular weight excluding hydrogens is 310 g/mol. The van der Waals surface area contributed by atoms with Crippen molar-refractivity contribution in [1.82, 2.24) is 5.32 Å². The summed E-state index contributed by atoms with van der Waals surface area (Å²) in [6.45, 7) is 5.18. The minimum absolute atomic E-state index is 0.0566. The summed E-state index contributed by atoms with van der Waals surface area (Å²) >= 11 is 6.05. The van der Waals surface area contributed by atoms with Crippen LogP contribution in [0.4, 0.5) is 0 Å². The van der Waals surface area contributed by atoms with Gasteiger partial charge in [0.2, 0.25) is 5.91 Å². The summed E-state index contributed by atoms with van der Waals surface area (Å²) in [5, 5.41) is 3.47. The van der Waals surface area contributed by atoms with E-state index >= 15 is 0 Å². The van der Waals surface area contributed by atoms with E-state index in [0.717, 1.165) is 11.3 Å². The molecule has 0 aliphatic carbocycles. The van der Waals surface area contributed by atoms with Crippen molar-refractivity contribution in [1.29, 1.82) is 0 Å². The highest BCUT2D eigenvalue weighted by Gasteiger charge is 2.08. The molecule has 2 aromatic carbocycles. The molecule has 2 rings (SSSR count). The van der Waals surface area contributed by atoms with Crippen LogP contribution in [0, 0.1) is 0 Å². The standard InChI is InChI=1S/C19H22ClNO2/c1-14(2)16-8-4-6-10-18(16)23-12-11-21-19(22)13-15-7-3-5-9-17(15)20/h3-10,14H,11-13H2,1-2H3,(H,21,22). The van der Waals surface area contributed by atoms with Crippen LogP contribution in [0.3, 0.4) is 0 Å². The van der Waals surface area contributed by atoms with Crippen LogP contribution in [-0.4, -0.2) is 19.1 Å². The molecule has 0 unspecified atom stereocenters. The van der Waals surface area contributed by atoms with E-state index in [-0.39, 0.29) is 12.3 Å². The third-order valence-corrected chi connectivity index (χ3v) is 3.90. The lowest BCUT2D eigenvalue weighted by atomic mass is 10.0. The van der Waals surface area contributed by atoms with Crippen molar-refractivity contribution in [2.24, 2.45) is 0 Å². The largest absolute Gasteiger partial charge is 0.491 e. The zero-order valence-electron chi connectivity index (χ0n) is 13.5. The lowest BCUT2D eigenvalue weighted by molar-refractivity contribution is -0.120. The van der Waals surface area contributed by atoms with Gasteiger partial charge in [0.25, 0.3) is 0 Å². The van der Waals surface area contributed by atoms with Crippen LogP contribution in [0.1, 0.15) is 30.9 Å². The Bertz CT molecular complexity index is 655. The molecule has 0 saturated heterocycles. The Morgan fingerprint density at radius 2 is 1.83 bits per heavy atom. The summed E-state index contributed by atoms with van der Waals surface area (Å²) in [6.07, 6.45) is 0.280. The molecule has 0 bridgehead atoms. The predicted molar refractivity (Wildman–Crippen MR) is 94.2 cm³/mol. The molecule has 1 N–H and O–H groups in total. The molecule has 122 valence electrons. The average Bonchev–Trinajstić information content (AvgIpc) is 2.54. The molecule has 1 amide bonds. The molecule has 23 heavy (non-hydrogen) atoms. The number of carbonyl (C=O) groups excluding carboxylic acids is 1. The lowest BCUT2D eigenvalue weighted by Crippen LogP contribution is -2.29. The van der Waals surface area contributed by atoms with Crippen molar-refractivity contribution in [3.05, 3.63) is 64.7 Å². The molecular formula is C19H22ClNO2. The maximum atomic E-state index is 11.9. The fourth-order valence-electron chi connectivity index (χ4n) is 2.32. The lowest BCUT2D eigenvalue weighted by Gasteiger charge is -2.14. The molecule has 0 atom stereocenters. The first kappa shape index (κ1) is 17.4. The fourth-order valence-corrected chi connectivity index (χ4v) is 2.52. The monoisotopic (exact) mass is 331 g/mol. The van der Waals surface area contributed by atoms with Crippen LogP contribution >= 0.6 is 11.6 Å². The molecule has 0 heterocycles. The molecule has 0 spiro atoms. The summed E-state index contributed by atoms with van der Waals surface area (Å²) in [4.78, 5) is 11.9. The topological polar surface area (TPSA) is 38.3 Å². The third-order valence-electron chi connectivity index (χ3n) is 3.53. The highest BCUT2D eigenvalue weighted by atomic mass is 35.5. The first-order chi connectivity index (χ1) is 11.1. The maximum absolute atomic E-state index is 11.9. The summed E-state index contributed by atoms with van der Waals surface area (Å²) in [6, 6.07) is 15.4. The van der Waals surface area contributed by atoms with Crippen LogP contribution in [0.2, 0.25) is 5.02 Å². The van der Waals surface area contributed by atoms with Crippen molar-refractivity contribution in [3.8, 4) is 5.75 Å². The quantitative estimate of drug-likeness (QED) is 0.772. The van der Waals surface area contributed by atoms with Crippen molar-refractivity contribution in [2.45, 2.75) is 26.2 Å². The van der Waals surface area contributed by atoms with Gasteiger partial charge in [0.1, 0.15) is 12.4 Å². The van der Waals surface area contributed by atoms with E-state index in [1.54, 1.807) is 6.07 Å². The van der Waals surface area contributed by atoms with Gasteiger partial charge in [-0.2, -0.15) is 0 Å². The number of hydrogen-bond donors (Lipinski definition) is 1. The van der Waals surface area contributed by atoms with Gasteiger partial charge in [-0.1, -0.05) is 61.8 Å². The molecule has 0 aromatic heterocycles. The summed E-state index contributed by atoms with van der Waals surface area (Å²) in [7, 11) is 0. The Labute approximate surface area is 142 Å². The average molecular weight is 332 g/mol.